The smallest absolute Gasteiger partial charge is 0.251 e. The average molecular weight is 283 g/mol. The summed E-state index contributed by atoms with van der Waals surface area (Å²) in [7, 11) is 0. The second-order valence-electron chi connectivity index (χ2n) is 5.06. The Hall–Kier alpha value is -2.62. The molecule has 21 heavy (non-hydrogen) atoms. The Bertz CT molecular complexity index is 667. The summed E-state index contributed by atoms with van der Waals surface area (Å²) in [4.78, 5) is 10.9. The molecule has 0 aliphatic heterocycles. The van der Waals surface area contributed by atoms with Crippen molar-refractivity contribution in [3.05, 3.63) is 80.5 Å². The van der Waals surface area contributed by atoms with Crippen LogP contribution in [0, 0.1) is 24.0 Å². The van der Waals surface area contributed by atoms with Gasteiger partial charge in [0, 0.05) is 6.08 Å². The topological polar surface area (TPSA) is 63.4 Å². The fourth-order valence-corrected chi connectivity index (χ4v) is 2.24. The first kappa shape index (κ1) is 14.8. The van der Waals surface area contributed by atoms with Gasteiger partial charge in [0.25, 0.3) is 5.70 Å². The number of nitro groups is 1. The second-order valence-corrected chi connectivity index (χ2v) is 5.06. The molecule has 0 amide bonds. The summed E-state index contributed by atoms with van der Waals surface area (Å²) in [6, 6.07) is 12.8. The van der Waals surface area contributed by atoms with Crippen LogP contribution in [0.4, 0.5) is 0 Å². The summed E-state index contributed by atoms with van der Waals surface area (Å²) >= 11 is 0. The summed E-state index contributed by atoms with van der Waals surface area (Å²) in [5.41, 5.74) is 3.18. The molecular formula is C17H17NO3. The summed E-state index contributed by atoms with van der Waals surface area (Å²) < 4.78 is 0. The Labute approximate surface area is 123 Å². The van der Waals surface area contributed by atoms with Crippen LogP contribution in [0.25, 0.3) is 6.08 Å². The molecule has 4 heteroatoms. The van der Waals surface area contributed by atoms with Gasteiger partial charge in [0.15, 0.2) is 0 Å². The van der Waals surface area contributed by atoms with Gasteiger partial charge in [0.05, 0.1) is 11.3 Å². The maximum absolute atomic E-state index is 11.2. The van der Waals surface area contributed by atoms with E-state index in [4.69, 9.17) is 0 Å². The molecule has 1 N–H and O–H groups in total. The third kappa shape index (κ3) is 3.69. The van der Waals surface area contributed by atoms with E-state index in [1.54, 1.807) is 32.1 Å². The van der Waals surface area contributed by atoms with Gasteiger partial charge in [-0.25, -0.2) is 0 Å². The first-order valence-electron chi connectivity index (χ1n) is 6.66. The van der Waals surface area contributed by atoms with Crippen LogP contribution < -0.4 is 0 Å². The van der Waals surface area contributed by atoms with E-state index in [-0.39, 0.29) is 22.8 Å². The minimum Gasteiger partial charge on any atom is -0.507 e. The van der Waals surface area contributed by atoms with E-state index in [2.05, 4.69) is 0 Å². The Balaban J connectivity index is 2.36. The van der Waals surface area contributed by atoms with Crippen LogP contribution in [-0.4, -0.2) is 10.0 Å². The van der Waals surface area contributed by atoms with Crippen molar-refractivity contribution in [2.75, 3.05) is 0 Å². The van der Waals surface area contributed by atoms with Crippen molar-refractivity contribution in [2.24, 2.45) is 0 Å². The van der Waals surface area contributed by atoms with E-state index in [0.29, 0.717) is 11.1 Å². The number of phenolic OH excluding ortho intramolecular Hbond substituents is 1. The summed E-state index contributed by atoms with van der Waals surface area (Å²) in [5, 5.41) is 21.0. The van der Waals surface area contributed by atoms with Crippen LogP contribution in [0.1, 0.15) is 22.3 Å². The van der Waals surface area contributed by atoms with Crippen molar-refractivity contribution < 1.29 is 10.0 Å². The highest BCUT2D eigenvalue weighted by molar-refractivity contribution is 5.57. The highest BCUT2D eigenvalue weighted by Gasteiger charge is 2.13. The molecule has 2 aromatic rings. The third-order valence-corrected chi connectivity index (χ3v) is 3.31. The monoisotopic (exact) mass is 283 g/mol. The van der Waals surface area contributed by atoms with Crippen molar-refractivity contribution in [2.45, 2.75) is 20.3 Å². The van der Waals surface area contributed by atoms with Gasteiger partial charge in [-0.2, -0.15) is 0 Å². The third-order valence-electron chi connectivity index (χ3n) is 3.31. The lowest BCUT2D eigenvalue weighted by Gasteiger charge is -2.05. The van der Waals surface area contributed by atoms with E-state index in [1.165, 1.54) is 0 Å². The lowest BCUT2D eigenvalue weighted by molar-refractivity contribution is -0.425. The number of aryl methyl sites for hydroxylation is 2. The standard InChI is InChI=1S/C17H17NO3/c1-12-8-15(9-13(2)17(12)19)11-16(18(20)21)10-14-6-4-3-5-7-14/h3-9,11,19H,10H2,1-2H3. The van der Waals surface area contributed by atoms with Crippen molar-refractivity contribution in [3.63, 3.8) is 0 Å². The van der Waals surface area contributed by atoms with Crippen LogP contribution >= 0.6 is 0 Å². The first-order valence-corrected chi connectivity index (χ1v) is 6.66. The normalized spacial score (nSPS) is 11.4. The molecule has 0 spiro atoms. The molecule has 4 nitrogen and oxygen atoms in total. The highest BCUT2D eigenvalue weighted by atomic mass is 16.6. The van der Waals surface area contributed by atoms with Crippen LogP contribution in [0.3, 0.4) is 0 Å². The summed E-state index contributed by atoms with van der Waals surface area (Å²) in [5.74, 6) is 0.234. The highest BCUT2D eigenvalue weighted by Crippen LogP contribution is 2.24. The predicted molar refractivity (Wildman–Crippen MR) is 82.7 cm³/mol. The Kier molecular flexibility index (Phi) is 4.38. The molecule has 0 aromatic heterocycles. The number of rotatable bonds is 4. The molecule has 0 heterocycles. The molecule has 0 saturated carbocycles. The molecule has 108 valence electrons. The Morgan fingerprint density at radius 2 is 1.76 bits per heavy atom. The number of aromatic hydroxyl groups is 1. The van der Waals surface area contributed by atoms with Gasteiger partial charge in [-0.1, -0.05) is 30.3 Å². The van der Waals surface area contributed by atoms with Gasteiger partial charge in [-0.15, -0.1) is 0 Å². The summed E-state index contributed by atoms with van der Waals surface area (Å²) in [6.07, 6.45) is 1.83. The van der Waals surface area contributed by atoms with Crippen LogP contribution in [0.15, 0.2) is 48.2 Å². The number of benzene rings is 2. The largest absolute Gasteiger partial charge is 0.507 e. The molecule has 0 saturated heterocycles. The molecule has 0 radical (unpaired) electrons. The van der Waals surface area contributed by atoms with Crippen molar-refractivity contribution >= 4 is 6.08 Å². The van der Waals surface area contributed by atoms with Gasteiger partial charge in [0.2, 0.25) is 0 Å². The number of hydrogen-bond acceptors (Lipinski definition) is 3. The maximum atomic E-state index is 11.2. The SMILES string of the molecule is Cc1cc(C=C(Cc2ccccc2)[N+](=O)[O-])cc(C)c1O. The molecule has 2 aromatic carbocycles. The zero-order valence-corrected chi connectivity index (χ0v) is 12.0. The summed E-state index contributed by atoms with van der Waals surface area (Å²) in [6.45, 7) is 3.56. The average Bonchev–Trinajstić information content (AvgIpc) is 2.45. The molecule has 0 bridgehead atoms. The van der Waals surface area contributed by atoms with Crippen molar-refractivity contribution in [1.29, 1.82) is 0 Å². The molecule has 2 rings (SSSR count). The zero-order chi connectivity index (χ0) is 15.4. The zero-order valence-electron chi connectivity index (χ0n) is 12.0. The van der Waals surface area contributed by atoms with Gasteiger partial charge >= 0.3 is 0 Å². The van der Waals surface area contributed by atoms with E-state index in [9.17, 15) is 15.2 Å². The number of allylic oxidation sites excluding steroid dienone is 1. The van der Waals surface area contributed by atoms with Crippen molar-refractivity contribution in [3.8, 4) is 5.75 Å². The second kappa shape index (κ2) is 6.22. The number of hydrogen-bond donors (Lipinski definition) is 1. The van der Waals surface area contributed by atoms with Crippen molar-refractivity contribution in [1.82, 2.24) is 0 Å². The molecule has 0 fully saturated rings. The molecule has 0 unspecified atom stereocenters. The molecule has 0 aliphatic rings. The lowest BCUT2D eigenvalue weighted by Crippen LogP contribution is -2.02. The van der Waals surface area contributed by atoms with Gasteiger partial charge in [0.1, 0.15) is 5.75 Å². The Morgan fingerprint density at radius 1 is 1.19 bits per heavy atom. The fourth-order valence-electron chi connectivity index (χ4n) is 2.24. The minimum atomic E-state index is -0.357. The van der Waals surface area contributed by atoms with E-state index in [1.807, 2.05) is 30.3 Å². The van der Waals surface area contributed by atoms with E-state index < -0.39 is 0 Å². The molecule has 0 atom stereocenters. The molecular weight excluding hydrogens is 266 g/mol. The van der Waals surface area contributed by atoms with Crippen LogP contribution in [0.5, 0.6) is 5.75 Å². The quantitative estimate of drug-likeness (QED) is 0.684. The van der Waals surface area contributed by atoms with Crippen LogP contribution in [0.2, 0.25) is 0 Å². The minimum absolute atomic E-state index is 0.130. The van der Waals surface area contributed by atoms with E-state index in [0.717, 1.165) is 11.1 Å². The molecule has 0 aliphatic carbocycles. The number of phenols is 1. The Morgan fingerprint density at radius 3 is 2.29 bits per heavy atom. The fraction of sp³-hybridized carbons (Fsp3) is 0.176. The maximum Gasteiger partial charge on any atom is 0.251 e. The number of nitrogens with zero attached hydrogens (tertiary/aromatic N) is 1. The van der Waals surface area contributed by atoms with Gasteiger partial charge in [-0.05, 0) is 48.2 Å². The first-order chi connectivity index (χ1) is 9.97. The predicted octanol–water partition coefficient (Wildman–Crippen LogP) is 3.87. The van der Waals surface area contributed by atoms with E-state index >= 15 is 0 Å². The van der Waals surface area contributed by atoms with Gasteiger partial charge < -0.3 is 5.11 Å². The van der Waals surface area contributed by atoms with Gasteiger partial charge in [-0.3, -0.25) is 10.1 Å². The van der Waals surface area contributed by atoms with Crippen LogP contribution in [-0.2, 0) is 6.42 Å². The lowest BCUT2D eigenvalue weighted by atomic mass is 10.0.